The maximum absolute atomic E-state index is 12.3. The number of aryl methyl sites for hydroxylation is 2. The van der Waals surface area contributed by atoms with E-state index < -0.39 is 0 Å². The molecule has 0 unspecified atom stereocenters. The molecule has 1 rings (SSSR count). The minimum Gasteiger partial charge on any atom is -0.338 e. The summed E-state index contributed by atoms with van der Waals surface area (Å²) in [5, 5.41) is 4.40. The van der Waals surface area contributed by atoms with Crippen molar-refractivity contribution >= 4 is 5.91 Å². The Morgan fingerprint density at radius 3 is 2.11 bits per heavy atom. The monoisotopic (exact) mass is 265 g/mol. The van der Waals surface area contributed by atoms with Crippen molar-refractivity contribution in [2.45, 2.75) is 66.5 Å². The van der Waals surface area contributed by atoms with E-state index in [2.05, 4.69) is 39.7 Å². The smallest absolute Gasteiger partial charge is 0.223 e. The molecule has 0 fully saturated rings. The number of amides is 1. The molecule has 0 N–H and O–H groups in total. The van der Waals surface area contributed by atoms with E-state index in [-0.39, 0.29) is 18.0 Å². The van der Waals surface area contributed by atoms with Crippen LogP contribution in [0.25, 0.3) is 0 Å². The number of carbonyl (C=O) groups excluding carboxylic acids is 1. The van der Waals surface area contributed by atoms with E-state index in [1.807, 2.05) is 23.6 Å². The highest BCUT2D eigenvalue weighted by Gasteiger charge is 2.20. The van der Waals surface area contributed by atoms with E-state index in [0.717, 1.165) is 17.8 Å². The van der Waals surface area contributed by atoms with Gasteiger partial charge in [0.05, 0.1) is 5.69 Å². The fourth-order valence-electron chi connectivity index (χ4n) is 2.71. The van der Waals surface area contributed by atoms with Crippen molar-refractivity contribution in [2.75, 3.05) is 0 Å². The van der Waals surface area contributed by atoms with E-state index in [1.165, 1.54) is 5.56 Å². The van der Waals surface area contributed by atoms with Crippen LogP contribution in [0, 0.1) is 13.8 Å². The highest BCUT2D eigenvalue weighted by molar-refractivity contribution is 5.77. The number of rotatable bonds is 5. The van der Waals surface area contributed by atoms with Crippen LogP contribution in [-0.4, -0.2) is 32.7 Å². The zero-order valence-corrected chi connectivity index (χ0v) is 13.3. The zero-order valence-electron chi connectivity index (χ0n) is 13.3. The van der Waals surface area contributed by atoms with Crippen LogP contribution in [0.1, 0.15) is 51.1 Å². The van der Waals surface area contributed by atoms with Crippen molar-refractivity contribution in [1.82, 2.24) is 14.7 Å². The number of hydrogen-bond acceptors (Lipinski definition) is 2. The second-order valence-electron chi connectivity index (χ2n) is 5.76. The number of aromatic nitrogens is 2. The van der Waals surface area contributed by atoms with Gasteiger partial charge in [-0.05, 0) is 53.5 Å². The quantitative estimate of drug-likeness (QED) is 0.821. The summed E-state index contributed by atoms with van der Waals surface area (Å²) in [6, 6.07) is 0.507. The molecule has 19 heavy (non-hydrogen) atoms. The summed E-state index contributed by atoms with van der Waals surface area (Å²) in [6.45, 7) is 12.3. The molecular formula is C15H27N3O. The maximum atomic E-state index is 12.3. The van der Waals surface area contributed by atoms with Gasteiger partial charge in [0.15, 0.2) is 0 Å². The Morgan fingerprint density at radius 2 is 1.74 bits per heavy atom. The molecule has 0 saturated carbocycles. The molecule has 1 amide bonds. The molecule has 0 radical (unpaired) electrons. The van der Waals surface area contributed by atoms with Crippen LogP contribution < -0.4 is 0 Å². The second-order valence-corrected chi connectivity index (χ2v) is 5.76. The predicted octanol–water partition coefficient (Wildman–Crippen LogP) is 2.61. The van der Waals surface area contributed by atoms with Crippen LogP contribution in [-0.2, 0) is 18.3 Å². The van der Waals surface area contributed by atoms with E-state index in [4.69, 9.17) is 0 Å². The second kappa shape index (κ2) is 6.22. The summed E-state index contributed by atoms with van der Waals surface area (Å²) in [7, 11) is 1.95. The summed E-state index contributed by atoms with van der Waals surface area (Å²) in [5.74, 6) is 0.229. The lowest BCUT2D eigenvalue weighted by molar-refractivity contribution is -0.134. The summed E-state index contributed by atoms with van der Waals surface area (Å²) < 4.78 is 1.89. The van der Waals surface area contributed by atoms with Crippen molar-refractivity contribution in [3.05, 3.63) is 17.0 Å². The van der Waals surface area contributed by atoms with Gasteiger partial charge in [-0.25, -0.2) is 0 Å². The van der Waals surface area contributed by atoms with Gasteiger partial charge in [0.2, 0.25) is 5.91 Å². The average Bonchev–Trinajstić information content (AvgIpc) is 2.50. The van der Waals surface area contributed by atoms with Gasteiger partial charge >= 0.3 is 0 Å². The third-order valence-corrected chi connectivity index (χ3v) is 3.65. The molecule has 1 heterocycles. The molecule has 0 bridgehead atoms. The van der Waals surface area contributed by atoms with E-state index in [0.29, 0.717) is 6.42 Å². The lowest BCUT2D eigenvalue weighted by Gasteiger charge is -2.30. The molecule has 0 aromatic carbocycles. The summed E-state index contributed by atoms with van der Waals surface area (Å²) in [6.07, 6.45) is 1.34. The first-order valence-electron chi connectivity index (χ1n) is 7.06. The van der Waals surface area contributed by atoms with Crippen molar-refractivity contribution in [1.29, 1.82) is 0 Å². The molecule has 0 aliphatic rings. The van der Waals surface area contributed by atoms with Gasteiger partial charge < -0.3 is 4.90 Å². The van der Waals surface area contributed by atoms with Gasteiger partial charge in [-0.1, -0.05) is 0 Å². The fraction of sp³-hybridized carbons (Fsp3) is 0.733. The molecule has 0 spiro atoms. The lowest BCUT2D eigenvalue weighted by atomic mass is 10.1. The first-order valence-corrected chi connectivity index (χ1v) is 7.06. The van der Waals surface area contributed by atoms with Gasteiger partial charge in [-0.15, -0.1) is 0 Å². The number of hydrogen-bond donors (Lipinski definition) is 0. The zero-order chi connectivity index (χ0) is 14.7. The Kier molecular flexibility index (Phi) is 5.15. The van der Waals surface area contributed by atoms with Crippen LogP contribution in [0.5, 0.6) is 0 Å². The molecule has 0 aliphatic heterocycles. The predicted molar refractivity (Wildman–Crippen MR) is 78.1 cm³/mol. The summed E-state index contributed by atoms with van der Waals surface area (Å²) in [4.78, 5) is 14.3. The van der Waals surface area contributed by atoms with Crippen LogP contribution in [0.3, 0.4) is 0 Å². The minimum absolute atomic E-state index is 0.229. The van der Waals surface area contributed by atoms with Crippen LogP contribution in [0.2, 0.25) is 0 Å². The van der Waals surface area contributed by atoms with Crippen LogP contribution >= 0.6 is 0 Å². The van der Waals surface area contributed by atoms with Crippen molar-refractivity contribution in [3.8, 4) is 0 Å². The average molecular weight is 265 g/mol. The van der Waals surface area contributed by atoms with Crippen molar-refractivity contribution < 1.29 is 4.79 Å². The largest absolute Gasteiger partial charge is 0.338 e. The first kappa shape index (κ1) is 15.7. The SMILES string of the molecule is Cc1nn(C)c(C)c1CCC(=O)N(C(C)C)C(C)C. The number of nitrogens with zero attached hydrogens (tertiary/aromatic N) is 3. The Morgan fingerprint density at radius 1 is 1.21 bits per heavy atom. The molecule has 108 valence electrons. The molecule has 0 aliphatic carbocycles. The third kappa shape index (κ3) is 3.58. The van der Waals surface area contributed by atoms with Gasteiger partial charge in [-0.3, -0.25) is 9.48 Å². The Hall–Kier alpha value is -1.32. The van der Waals surface area contributed by atoms with E-state index in [9.17, 15) is 4.79 Å². The van der Waals surface area contributed by atoms with E-state index >= 15 is 0 Å². The lowest BCUT2D eigenvalue weighted by Crippen LogP contribution is -2.42. The summed E-state index contributed by atoms with van der Waals surface area (Å²) in [5.41, 5.74) is 3.41. The normalized spacial score (nSPS) is 11.4. The molecule has 4 heteroatoms. The van der Waals surface area contributed by atoms with Gasteiger partial charge in [0, 0.05) is 31.2 Å². The molecule has 1 aromatic heterocycles. The highest BCUT2D eigenvalue weighted by Crippen LogP contribution is 2.16. The molecule has 0 atom stereocenters. The third-order valence-electron chi connectivity index (χ3n) is 3.65. The van der Waals surface area contributed by atoms with Crippen molar-refractivity contribution in [3.63, 3.8) is 0 Å². The summed E-state index contributed by atoms with van der Waals surface area (Å²) >= 11 is 0. The Balaban J connectivity index is 2.73. The van der Waals surface area contributed by atoms with Crippen molar-refractivity contribution in [2.24, 2.45) is 7.05 Å². The topological polar surface area (TPSA) is 38.1 Å². The Bertz CT molecular complexity index is 438. The highest BCUT2D eigenvalue weighted by atomic mass is 16.2. The molecule has 1 aromatic rings. The number of carbonyl (C=O) groups is 1. The fourth-order valence-corrected chi connectivity index (χ4v) is 2.71. The standard InChI is InChI=1S/C15H27N3O/c1-10(2)18(11(3)4)15(19)9-8-14-12(5)16-17(7)13(14)6/h10-11H,8-9H2,1-7H3. The van der Waals surface area contributed by atoms with Gasteiger partial charge in [0.1, 0.15) is 0 Å². The first-order chi connectivity index (χ1) is 8.75. The maximum Gasteiger partial charge on any atom is 0.223 e. The van der Waals surface area contributed by atoms with Crippen LogP contribution in [0.4, 0.5) is 0 Å². The Labute approximate surface area is 116 Å². The van der Waals surface area contributed by atoms with Gasteiger partial charge in [-0.2, -0.15) is 5.10 Å². The van der Waals surface area contributed by atoms with E-state index in [1.54, 1.807) is 0 Å². The molecule has 0 saturated heterocycles. The van der Waals surface area contributed by atoms with Crippen LogP contribution in [0.15, 0.2) is 0 Å². The minimum atomic E-state index is 0.229. The molecule has 4 nitrogen and oxygen atoms in total. The van der Waals surface area contributed by atoms with Gasteiger partial charge in [0.25, 0.3) is 0 Å². The molecular weight excluding hydrogens is 238 g/mol.